The second-order valence-electron chi connectivity index (χ2n) is 6.77. The van der Waals surface area contributed by atoms with Crippen molar-refractivity contribution in [2.45, 2.75) is 20.0 Å². The van der Waals surface area contributed by atoms with Crippen LogP contribution in [0, 0.1) is 5.92 Å². The van der Waals surface area contributed by atoms with Gasteiger partial charge in [-0.15, -0.1) is 0 Å². The van der Waals surface area contributed by atoms with Crippen molar-refractivity contribution in [3.8, 4) is 5.75 Å². The van der Waals surface area contributed by atoms with Gasteiger partial charge < -0.3 is 19.4 Å². The van der Waals surface area contributed by atoms with Crippen molar-refractivity contribution in [3.05, 3.63) is 23.8 Å². The van der Waals surface area contributed by atoms with E-state index < -0.39 is 0 Å². The van der Waals surface area contributed by atoms with Crippen LogP contribution in [-0.4, -0.2) is 69.0 Å². The molecule has 1 aliphatic heterocycles. The predicted octanol–water partition coefficient (Wildman–Crippen LogP) is 1.70. The highest BCUT2D eigenvalue weighted by Crippen LogP contribution is 2.35. The highest BCUT2D eigenvalue weighted by molar-refractivity contribution is 5.99. The lowest BCUT2D eigenvalue weighted by atomic mass is 10.0. The van der Waals surface area contributed by atoms with E-state index in [1.807, 2.05) is 45.1 Å². The van der Waals surface area contributed by atoms with Gasteiger partial charge in [-0.3, -0.25) is 9.59 Å². The molecule has 0 saturated carbocycles. The zero-order chi connectivity index (χ0) is 18.0. The average Bonchev–Trinajstić information content (AvgIpc) is 2.52. The molecule has 2 amide bonds. The van der Waals surface area contributed by atoms with Gasteiger partial charge in [-0.05, 0) is 12.1 Å². The highest BCUT2D eigenvalue weighted by Gasteiger charge is 2.31. The maximum absolute atomic E-state index is 12.7. The molecule has 1 aromatic rings. The Morgan fingerprint density at radius 2 is 2.00 bits per heavy atom. The van der Waals surface area contributed by atoms with Crippen LogP contribution in [0.15, 0.2) is 18.2 Å². The second kappa shape index (κ2) is 7.11. The van der Waals surface area contributed by atoms with Crippen LogP contribution >= 0.6 is 0 Å². The summed E-state index contributed by atoms with van der Waals surface area (Å²) in [4.78, 5) is 29.6. The summed E-state index contributed by atoms with van der Waals surface area (Å²) in [5, 5.41) is 0. The number of para-hydroxylation sites is 1. The summed E-state index contributed by atoms with van der Waals surface area (Å²) in [6, 6.07) is 5.60. The van der Waals surface area contributed by atoms with Crippen LogP contribution in [0.4, 0.5) is 5.69 Å². The molecule has 1 aliphatic rings. The van der Waals surface area contributed by atoms with E-state index in [-0.39, 0.29) is 23.8 Å². The van der Waals surface area contributed by atoms with E-state index in [2.05, 4.69) is 0 Å². The number of fused-ring (bicyclic) bond motifs is 1. The van der Waals surface area contributed by atoms with Gasteiger partial charge in [-0.2, -0.15) is 0 Å². The third-order valence-electron chi connectivity index (χ3n) is 4.51. The van der Waals surface area contributed by atoms with Gasteiger partial charge >= 0.3 is 0 Å². The smallest absolute Gasteiger partial charge is 0.257 e. The summed E-state index contributed by atoms with van der Waals surface area (Å²) < 4.78 is 6.30. The summed E-state index contributed by atoms with van der Waals surface area (Å²) in [6.45, 7) is 4.66. The Morgan fingerprint density at radius 1 is 1.33 bits per heavy atom. The fourth-order valence-electron chi connectivity index (χ4n) is 2.89. The fraction of sp³-hybridized carbons (Fsp3) is 0.556. The van der Waals surface area contributed by atoms with Crippen molar-refractivity contribution in [2.75, 3.05) is 46.2 Å². The van der Waals surface area contributed by atoms with Crippen LogP contribution in [0.5, 0.6) is 5.75 Å². The highest BCUT2D eigenvalue weighted by atomic mass is 16.5. The number of likely N-dealkylation sites (N-methyl/N-ethyl adjacent to an activating group) is 1. The molecule has 132 valence electrons. The molecule has 1 aromatic carbocycles. The summed E-state index contributed by atoms with van der Waals surface area (Å²) in [6.07, 6.45) is -0.186. The number of anilines is 1. The summed E-state index contributed by atoms with van der Waals surface area (Å²) >= 11 is 0. The molecule has 0 spiro atoms. The molecule has 0 unspecified atom stereocenters. The lowest BCUT2D eigenvalue weighted by molar-refractivity contribution is -0.129. The van der Waals surface area contributed by atoms with Gasteiger partial charge in [0.1, 0.15) is 6.10 Å². The molecule has 2 rings (SSSR count). The fourth-order valence-corrected chi connectivity index (χ4v) is 2.89. The van der Waals surface area contributed by atoms with E-state index in [1.165, 1.54) is 0 Å². The first kappa shape index (κ1) is 18.1. The third kappa shape index (κ3) is 3.63. The maximum Gasteiger partial charge on any atom is 0.257 e. The Morgan fingerprint density at radius 3 is 2.58 bits per heavy atom. The molecular formula is C18H27N3O3. The summed E-state index contributed by atoms with van der Waals surface area (Å²) in [7, 11) is 7.42. The average molecular weight is 333 g/mol. The first-order chi connectivity index (χ1) is 11.2. The monoisotopic (exact) mass is 333 g/mol. The van der Waals surface area contributed by atoms with Gasteiger partial charge in [0.2, 0.25) is 5.91 Å². The number of hydrogen-bond acceptors (Lipinski definition) is 4. The van der Waals surface area contributed by atoms with Crippen molar-refractivity contribution in [1.82, 2.24) is 9.80 Å². The van der Waals surface area contributed by atoms with Crippen molar-refractivity contribution >= 4 is 17.5 Å². The molecule has 0 saturated heterocycles. The minimum Gasteiger partial charge on any atom is -0.485 e. The Labute approximate surface area is 144 Å². The summed E-state index contributed by atoms with van der Waals surface area (Å²) in [5.74, 6) is 0.648. The first-order valence-electron chi connectivity index (χ1n) is 8.16. The number of ether oxygens (including phenoxy) is 1. The van der Waals surface area contributed by atoms with Crippen molar-refractivity contribution in [3.63, 3.8) is 0 Å². The molecule has 0 aliphatic carbocycles. The Kier molecular flexibility index (Phi) is 5.36. The van der Waals surface area contributed by atoms with E-state index in [0.717, 1.165) is 5.69 Å². The Balaban J connectivity index is 2.47. The number of carbonyl (C=O) groups is 2. The number of nitrogens with zero attached hydrogens (tertiary/aromatic N) is 3. The molecule has 1 heterocycles. The number of hydrogen-bond donors (Lipinski definition) is 0. The van der Waals surface area contributed by atoms with Gasteiger partial charge in [-0.1, -0.05) is 13.0 Å². The van der Waals surface area contributed by atoms with Gasteiger partial charge in [0, 0.05) is 47.6 Å². The maximum atomic E-state index is 12.7. The molecule has 2 atom stereocenters. The molecule has 0 bridgehead atoms. The minimum absolute atomic E-state index is 0.00147. The zero-order valence-electron chi connectivity index (χ0n) is 15.4. The number of carbonyl (C=O) groups excluding carboxylic acids is 2. The van der Waals surface area contributed by atoms with Crippen molar-refractivity contribution < 1.29 is 14.3 Å². The molecule has 0 fully saturated rings. The van der Waals surface area contributed by atoms with Gasteiger partial charge in [0.25, 0.3) is 5.91 Å². The van der Waals surface area contributed by atoms with Crippen molar-refractivity contribution in [2.24, 2.45) is 5.92 Å². The number of amides is 2. The van der Waals surface area contributed by atoms with E-state index in [9.17, 15) is 9.59 Å². The first-order valence-corrected chi connectivity index (χ1v) is 8.16. The topological polar surface area (TPSA) is 53.1 Å². The van der Waals surface area contributed by atoms with Crippen LogP contribution < -0.4 is 9.64 Å². The second-order valence-corrected chi connectivity index (χ2v) is 6.77. The van der Waals surface area contributed by atoms with Crippen LogP contribution in [0.25, 0.3) is 0 Å². The quantitative estimate of drug-likeness (QED) is 0.845. The number of benzene rings is 1. The molecule has 0 radical (unpaired) electrons. The molecule has 24 heavy (non-hydrogen) atoms. The summed E-state index contributed by atoms with van der Waals surface area (Å²) in [5.41, 5.74) is 1.42. The molecule has 6 heteroatoms. The molecule has 0 aromatic heterocycles. The number of rotatable bonds is 3. The van der Waals surface area contributed by atoms with Crippen LogP contribution in [0.2, 0.25) is 0 Å². The van der Waals surface area contributed by atoms with E-state index in [4.69, 9.17) is 4.74 Å². The Hall–Kier alpha value is -2.24. The lowest BCUT2D eigenvalue weighted by Crippen LogP contribution is -2.46. The van der Waals surface area contributed by atoms with Gasteiger partial charge in [-0.25, -0.2) is 0 Å². The standard InChI is InChI=1S/C18H27N3O3/c1-12-10-21(6)18(23)14-8-7-9-15(19(3)4)17(14)24-16(12)11-20(5)13(2)22/h7-9,12,16H,10-11H2,1-6H3/t12-,16+/m0/s1. The van der Waals surface area contributed by atoms with E-state index in [1.54, 1.807) is 29.8 Å². The molecular weight excluding hydrogens is 306 g/mol. The largest absolute Gasteiger partial charge is 0.485 e. The van der Waals surface area contributed by atoms with E-state index >= 15 is 0 Å². The van der Waals surface area contributed by atoms with Crippen molar-refractivity contribution in [1.29, 1.82) is 0 Å². The zero-order valence-corrected chi connectivity index (χ0v) is 15.4. The minimum atomic E-state index is -0.186. The van der Waals surface area contributed by atoms with Gasteiger partial charge in [0.15, 0.2) is 5.75 Å². The lowest BCUT2D eigenvalue weighted by Gasteiger charge is -2.35. The Bertz CT molecular complexity index is 630. The van der Waals surface area contributed by atoms with E-state index in [0.29, 0.717) is 24.4 Å². The predicted molar refractivity (Wildman–Crippen MR) is 94.6 cm³/mol. The SMILES string of the molecule is CC(=O)N(C)C[C@H]1Oc2c(cccc2N(C)C)C(=O)N(C)C[C@@H]1C. The molecule has 6 nitrogen and oxygen atoms in total. The van der Waals surface area contributed by atoms with Crippen LogP contribution in [-0.2, 0) is 4.79 Å². The third-order valence-corrected chi connectivity index (χ3v) is 4.51. The molecule has 0 N–H and O–H groups in total. The van der Waals surface area contributed by atoms with Gasteiger partial charge in [0.05, 0.1) is 17.8 Å². The van der Waals surface area contributed by atoms with Crippen LogP contribution in [0.1, 0.15) is 24.2 Å². The van der Waals surface area contributed by atoms with Crippen LogP contribution in [0.3, 0.4) is 0 Å². The normalized spacial score (nSPS) is 20.6.